The number of hydrogen-bond acceptors (Lipinski definition) is 7. The molecule has 10 heteroatoms. The molecule has 150 valence electrons. The van der Waals surface area contributed by atoms with E-state index >= 15 is 0 Å². The number of aromatic hydroxyl groups is 1. The van der Waals surface area contributed by atoms with Crippen molar-refractivity contribution in [3.8, 4) is 11.5 Å². The summed E-state index contributed by atoms with van der Waals surface area (Å²) in [4.78, 5) is 49.0. The van der Waals surface area contributed by atoms with Crippen LogP contribution in [0.3, 0.4) is 0 Å². The van der Waals surface area contributed by atoms with Crippen LogP contribution in [0, 0.1) is 0 Å². The summed E-state index contributed by atoms with van der Waals surface area (Å²) in [5, 5.41) is 19.7. The minimum Gasteiger partial charge on any atom is -0.507 e. The molecule has 0 saturated carbocycles. The second kappa shape index (κ2) is 8.23. The van der Waals surface area contributed by atoms with Gasteiger partial charge in [-0.25, -0.2) is 9.69 Å². The first-order valence-electron chi connectivity index (χ1n) is 8.35. The van der Waals surface area contributed by atoms with Gasteiger partial charge < -0.3 is 20.3 Å². The van der Waals surface area contributed by atoms with Crippen molar-refractivity contribution >= 4 is 46.2 Å². The zero-order valence-corrected chi connectivity index (χ0v) is 15.9. The zero-order chi connectivity index (χ0) is 21.1. The summed E-state index contributed by atoms with van der Waals surface area (Å²) < 4.78 is 5.05. The normalized spacial score (nSPS) is 16.0. The van der Waals surface area contributed by atoms with Gasteiger partial charge in [0.25, 0.3) is 5.24 Å². The summed E-state index contributed by atoms with van der Waals surface area (Å²) in [5.41, 5.74) is 0.252. The van der Waals surface area contributed by atoms with Gasteiger partial charge in [0.15, 0.2) is 0 Å². The van der Waals surface area contributed by atoms with E-state index in [1.165, 1.54) is 13.2 Å². The Morgan fingerprint density at radius 3 is 2.45 bits per heavy atom. The van der Waals surface area contributed by atoms with Crippen molar-refractivity contribution < 1.29 is 34.1 Å². The predicted octanol–water partition coefficient (Wildman–Crippen LogP) is 2.70. The number of aromatic carboxylic acids is 1. The molecule has 0 bridgehead atoms. The van der Waals surface area contributed by atoms with Crippen LogP contribution >= 0.6 is 11.8 Å². The Balaban J connectivity index is 1.66. The average molecular weight is 416 g/mol. The van der Waals surface area contributed by atoms with Crippen LogP contribution in [0.25, 0.3) is 0 Å². The SMILES string of the molecule is COc1ccc(N2C(=O)SC(CC(=O)Nc3ccc(C(=O)O)c(O)c3)C2=O)cc1. The number of methoxy groups -OCH3 is 1. The Morgan fingerprint density at radius 1 is 1.17 bits per heavy atom. The minimum atomic E-state index is -1.30. The quantitative estimate of drug-likeness (QED) is 0.655. The number of nitrogens with zero attached hydrogens (tertiary/aromatic N) is 1. The summed E-state index contributed by atoms with van der Waals surface area (Å²) in [5.74, 6) is -2.28. The number of benzene rings is 2. The molecular formula is C19H16N2O7S. The van der Waals surface area contributed by atoms with Crippen LogP contribution in [0.1, 0.15) is 16.8 Å². The molecule has 1 saturated heterocycles. The smallest absolute Gasteiger partial charge is 0.339 e. The number of phenols is 1. The molecule has 0 spiro atoms. The van der Waals surface area contributed by atoms with Gasteiger partial charge in [-0.15, -0.1) is 0 Å². The molecule has 29 heavy (non-hydrogen) atoms. The first kappa shape index (κ1) is 20.2. The Labute approximate surface area is 169 Å². The highest BCUT2D eigenvalue weighted by Crippen LogP contribution is 2.34. The van der Waals surface area contributed by atoms with Crippen LogP contribution in [0.4, 0.5) is 16.2 Å². The van der Waals surface area contributed by atoms with E-state index in [0.29, 0.717) is 11.4 Å². The molecule has 0 radical (unpaired) electrons. The van der Waals surface area contributed by atoms with E-state index in [1.54, 1.807) is 24.3 Å². The number of carbonyl (C=O) groups is 4. The zero-order valence-electron chi connectivity index (χ0n) is 15.1. The molecule has 3 amide bonds. The van der Waals surface area contributed by atoms with E-state index in [1.807, 2.05) is 0 Å². The van der Waals surface area contributed by atoms with Crippen molar-refractivity contribution in [2.24, 2.45) is 0 Å². The van der Waals surface area contributed by atoms with Crippen LogP contribution in [0.2, 0.25) is 0 Å². The molecule has 1 fully saturated rings. The van der Waals surface area contributed by atoms with Crippen molar-refractivity contribution in [2.45, 2.75) is 11.7 Å². The van der Waals surface area contributed by atoms with E-state index in [0.717, 1.165) is 28.8 Å². The molecule has 1 aliphatic rings. The summed E-state index contributed by atoms with van der Waals surface area (Å²) in [6.07, 6.45) is -0.261. The van der Waals surface area contributed by atoms with Gasteiger partial charge in [-0.3, -0.25) is 14.4 Å². The molecule has 1 atom stereocenters. The van der Waals surface area contributed by atoms with Crippen molar-refractivity contribution in [3.63, 3.8) is 0 Å². The van der Waals surface area contributed by atoms with Crippen LogP contribution in [-0.2, 0) is 9.59 Å². The fraction of sp³-hybridized carbons (Fsp3) is 0.158. The lowest BCUT2D eigenvalue weighted by molar-refractivity contribution is -0.121. The van der Waals surface area contributed by atoms with Gasteiger partial charge in [0, 0.05) is 18.2 Å². The van der Waals surface area contributed by atoms with E-state index in [-0.39, 0.29) is 17.7 Å². The standard InChI is InChI=1S/C19H16N2O7S/c1-28-12-5-3-11(4-6-12)21-17(24)15(29-19(21)27)9-16(23)20-10-2-7-13(18(25)26)14(22)8-10/h2-8,15,22H,9H2,1H3,(H,20,23)(H,25,26). The summed E-state index contributed by atoms with van der Waals surface area (Å²) in [6.45, 7) is 0. The number of carboxylic acids is 1. The molecule has 2 aromatic rings. The molecule has 9 nitrogen and oxygen atoms in total. The largest absolute Gasteiger partial charge is 0.507 e. The third-order valence-electron chi connectivity index (χ3n) is 4.13. The first-order chi connectivity index (χ1) is 13.8. The maximum Gasteiger partial charge on any atom is 0.339 e. The number of hydrogen-bond donors (Lipinski definition) is 3. The summed E-state index contributed by atoms with van der Waals surface area (Å²) in [6, 6.07) is 9.95. The fourth-order valence-electron chi connectivity index (χ4n) is 2.72. The van der Waals surface area contributed by atoms with Gasteiger partial charge in [-0.2, -0.15) is 0 Å². The number of carboxylic acid groups (broad SMARTS) is 1. The van der Waals surface area contributed by atoms with E-state index < -0.39 is 34.0 Å². The van der Waals surface area contributed by atoms with Crippen molar-refractivity contribution in [2.75, 3.05) is 17.3 Å². The number of imide groups is 1. The summed E-state index contributed by atoms with van der Waals surface area (Å²) >= 11 is 0.753. The lowest BCUT2D eigenvalue weighted by Gasteiger charge is -2.14. The second-order valence-electron chi connectivity index (χ2n) is 6.03. The van der Waals surface area contributed by atoms with E-state index in [4.69, 9.17) is 9.84 Å². The number of ether oxygens (including phenoxy) is 1. The van der Waals surface area contributed by atoms with Gasteiger partial charge in [-0.05, 0) is 48.2 Å². The molecule has 3 N–H and O–H groups in total. The van der Waals surface area contributed by atoms with Gasteiger partial charge in [-0.1, -0.05) is 0 Å². The van der Waals surface area contributed by atoms with Crippen LogP contribution in [0.5, 0.6) is 11.5 Å². The predicted molar refractivity (Wildman–Crippen MR) is 106 cm³/mol. The molecule has 0 aromatic heterocycles. The van der Waals surface area contributed by atoms with Gasteiger partial charge in [0.2, 0.25) is 11.8 Å². The Morgan fingerprint density at radius 2 is 1.86 bits per heavy atom. The Hall–Kier alpha value is -3.53. The lowest BCUT2D eigenvalue weighted by atomic mass is 10.1. The van der Waals surface area contributed by atoms with Crippen molar-refractivity contribution in [3.05, 3.63) is 48.0 Å². The highest BCUT2D eigenvalue weighted by molar-refractivity contribution is 8.15. The van der Waals surface area contributed by atoms with Gasteiger partial charge >= 0.3 is 5.97 Å². The number of carbonyl (C=O) groups excluding carboxylic acids is 3. The maximum absolute atomic E-state index is 12.6. The monoisotopic (exact) mass is 416 g/mol. The summed E-state index contributed by atoms with van der Waals surface area (Å²) in [7, 11) is 1.50. The molecule has 1 unspecified atom stereocenters. The van der Waals surface area contributed by atoms with Crippen LogP contribution in [0.15, 0.2) is 42.5 Å². The highest BCUT2D eigenvalue weighted by Gasteiger charge is 2.41. The number of anilines is 2. The Kier molecular flexibility index (Phi) is 5.74. The topological polar surface area (TPSA) is 133 Å². The second-order valence-corrected chi connectivity index (χ2v) is 7.19. The Bertz CT molecular complexity index is 991. The van der Waals surface area contributed by atoms with Crippen molar-refractivity contribution in [1.82, 2.24) is 0 Å². The van der Waals surface area contributed by atoms with Crippen molar-refractivity contribution in [1.29, 1.82) is 0 Å². The number of amides is 3. The molecule has 2 aromatic carbocycles. The van der Waals surface area contributed by atoms with E-state index in [2.05, 4.69) is 5.32 Å². The molecular weight excluding hydrogens is 400 g/mol. The maximum atomic E-state index is 12.6. The molecule has 1 heterocycles. The number of nitrogens with one attached hydrogen (secondary N) is 1. The van der Waals surface area contributed by atoms with Gasteiger partial charge in [0.05, 0.1) is 12.8 Å². The molecule has 3 rings (SSSR count). The van der Waals surface area contributed by atoms with E-state index in [9.17, 15) is 24.3 Å². The molecule has 1 aliphatic heterocycles. The minimum absolute atomic E-state index is 0.172. The van der Waals surface area contributed by atoms with Crippen LogP contribution < -0.4 is 15.0 Å². The first-order valence-corrected chi connectivity index (χ1v) is 9.23. The highest BCUT2D eigenvalue weighted by atomic mass is 32.2. The number of thioether (sulfide) groups is 1. The van der Waals surface area contributed by atoms with Gasteiger partial charge in [0.1, 0.15) is 22.3 Å². The third kappa shape index (κ3) is 4.32. The third-order valence-corrected chi connectivity index (χ3v) is 5.17. The average Bonchev–Trinajstić information content (AvgIpc) is 2.94. The van der Waals surface area contributed by atoms with Crippen LogP contribution in [-0.4, -0.2) is 45.6 Å². The fourth-order valence-corrected chi connectivity index (χ4v) is 3.71. The lowest BCUT2D eigenvalue weighted by Crippen LogP contribution is -2.32. The molecule has 0 aliphatic carbocycles. The number of rotatable bonds is 6.